The minimum Gasteiger partial charge on any atom is -0.286 e. The molecule has 0 N–H and O–H groups in total. The molecule has 0 radical (unpaired) electrons. The lowest BCUT2D eigenvalue weighted by atomic mass is 9.94. The molecule has 0 amide bonds. The maximum Gasteiger partial charge on any atom is 0.222 e. The van der Waals surface area contributed by atoms with Gasteiger partial charge in [-0.3, -0.25) is 15.0 Å². The zero-order valence-electron chi connectivity index (χ0n) is 8.90. The van der Waals surface area contributed by atoms with Crippen LogP contribution in [0.3, 0.4) is 0 Å². The van der Waals surface area contributed by atoms with Gasteiger partial charge in [-0.25, -0.2) is 0 Å². The summed E-state index contributed by atoms with van der Waals surface area (Å²) >= 11 is 0. The van der Waals surface area contributed by atoms with Crippen molar-refractivity contribution >= 4 is 0 Å². The third-order valence-electron chi connectivity index (χ3n) is 3.98. The molecule has 2 saturated heterocycles. The van der Waals surface area contributed by atoms with Gasteiger partial charge in [0.15, 0.2) is 0 Å². The molecule has 2 atom stereocenters. The first-order chi connectivity index (χ1) is 6.55. The Balaban J connectivity index is 2.21. The monoisotopic (exact) mass is 198 g/mol. The van der Waals surface area contributed by atoms with Gasteiger partial charge in [-0.05, 0) is 39.5 Å². The number of rotatable bonds is 2. The Morgan fingerprint density at radius 3 is 2.29 bits per heavy atom. The molecule has 2 unspecified atom stereocenters. The second kappa shape index (κ2) is 3.19. The predicted octanol–water partition coefficient (Wildman–Crippen LogP) is 1.67. The molecular formula is C10H18N2O2. The van der Waals surface area contributed by atoms with Gasteiger partial charge in [-0.1, -0.05) is 0 Å². The first-order valence-corrected chi connectivity index (χ1v) is 5.45. The molecule has 2 rings (SSSR count). The molecule has 0 aromatic carbocycles. The van der Waals surface area contributed by atoms with Gasteiger partial charge >= 0.3 is 0 Å². The molecule has 4 heteroatoms. The summed E-state index contributed by atoms with van der Waals surface area (Å²) in [5, 5.41) is 10.7. The van der Waals surface area contributed by atoms with Crippen LogP contribution in [0.5, 0.6) is 0 Å². The van der Waals surface area contributed by atoms with E-state index in [1.54, 1.807) is 0 Å². The average Bonchev–Trinajstić information content (AvgIpc) is 2.54. The van der Waals surface area contributed by atoms with Crippen LogP contribution in [0, 0.1) is 10.1 Å². The highest BCUT2D eigenvalue weighted by Gasteiger charge is 2.53. The van der Waals surface area contributed by atoms with Gasteiger partial charge in [0.2, 0.25) is 6.54 Å². The minimum absolute atomic E-state index is 0.0949. The fraction of sp³-hybridized carbons (Fsp3) is 1.00. The van der Waals surface area contributed by atoms with E-state index in [2.05, 4.69) is 18.7 Å². The Labute approximate surface area is 84.4 Å². The van der Waals surface area contributed by atoms with E-state index < -0.39 is 0 Å². The van der Waals surface area contributed by atoms with Crippen molar-refractivity contribution in [2.24, 2.45) is 0 Å². The van der Waals surface area contributed by atoms with E-state index in [0.717, 1.165) is 25.7 Å². The van der Waals surface area contributed by atoms with Crippen LogP contribution in [0.25, 0.3) is 0 Å². The minimum atomic E-state index is -0.136. The highest BCUT2D eigenvalue weighted by molar-refractivity contribution is 5.05. The Bertz CT molecular complexity index is 241. The molecule has 0 spiro atoms. The Kier molecular flexibility index (Phi) is 2.26. The van der Waals surface area contributed by atoms with E-state index in [4.69, 9.17) is 0 Å². The summed E-state index contributed by atoms with van der Waals surface area (Å²) in [6, 6.07) is 1.07. The van der Waals surface area contributed by atoms with Crippen molar-refractivity contribution in [3.63, 3.8) is 0 Å². The number of fused-ring (bicyclic) bond motifs is 1. The average molecular weight is 198 g/mol. The normalized spacial score (nSPS) is 42.7. The van der Waals surface area contributed by atoms with Crippen LogP contribution in [0.2, 0.25) is 0 Å². The molecule has 2 heterocycles. The van der Waals surface area contributed by atoms with Crippen LogP contribution in [0.4, 0.5) is 0 Å². The Morgan fingerprint density at radius 2 is 1.86 bits per heavy atom. The lowest BCUT2D eigenvalue weighted by Crippen LogP contribution is -2.48. The topological polar surface area (TPSA) is 46.4 Å². The lowest BCUT2D eigenvalue weighted by Gasteiger charge is -2.33. The van der Waals surface area contributed by atoms with Crippen molar-refractivity contribution in [2.45, 2.75) is 57.2 Å². The molecule has 0 bridgehead atoms. The van der Waals surface area contributed by atoms with E-state index in [1.807, 2.05) is 0 Å². The highest BCUT2D eigenvalue weighted by atomic mass is 16.6. The van der Waals surface area contributed by atoms with Crippen LogP contribution in [0.15, 0.2) is 0 Å². The van der Waals surface area contributed by atoms with Gasteiger partial charge in [0.1, 0.15) is 0 Å². The van der Waals surface area contributed by atoms with E-state index in [9.17, 15) is 10.1 Å². The van der Waals surface area contributed by atoms with Crippen molar-refractivity contribution in [1.82, 2.24) is 4.90 Å². The first kappa shape index (κ1) is 9.90. The maximum absolute atomic E-state index is 10.7. The van der Waals surface area contributed by atoms with Crippen LogP contribution in [0.1, 0.15) is 39.5 Å². The third kappa shape index (κ3) is 1.32. The lowest BCUT2D eigenvalue weighted by molar-refractivity contribution is -0.494. The van der Waals surface area contributed by atoms with Crippen LogP contribution in [-0.4, -0.2) is 34.0 Å². The molecule has 14 heavy (non-hydrogen) atoms. The molecule has 0 aromatic rings. The highest BCUT2D eigenvalue weighted by Crippen LogP contribution is 2.45. The zero-order chi connectivity index (χ0) is 10.3. The molecule has 2 aliphatic heterocycles. The second-order valence-electron chi connectivity index (χ2n) is 4.90. The number of nitrogens with zero attached hydrogens (tertiary/aromatic N) is 2. The summed E-state index contributed by atoms with van der Waals surface area (Å²) in [6.07, 6.45) is 4.27. The summed E-state index contributed by atoms with van der Waals surface area (Å²) in [4.78, 5) is 12.9. The van der Waals surface area contributed by atoms with Crippen molar-refractivity contribution in [1.29, 1.82) is 0 Å². The van der Waals surface area contributed by atoms with Crippen molar-refractivity contribution in [3.8, 4) is 0 Å². The number of nitro groups is 1. The van der Waals surface area contributed by atoms with E-state index in [-0.39, 0.29) is 17.0 Å². The summed E-state index contributed by atoms with van der Waals surface area (Å²) in [6.45, 7) is 4.54. The van der Waals surface area contributed by atoms with Gasteiger partial charge in [-0.2, -0.15) is 0 Å². The van der Waals surface area contributed by atoms with Crippen LogP contribution < -0.4 is 0 Å². The predicted molar refractivity (Wildman–Crippen MR) is 53.8 cm³/mol. The molecule has 2 aliphatic rings. The SMILES string of the molecule is CC1CCC2(C[N+](=O)[O-])CCC(C)N12. The first-order valence-electron chi connectivity index (χ1n) is 5.45. The number of hydrogen-bond donors (Lipinski definition) is 0. The largest absolute Gasteiger partial charge is 0.286 e. The van der Waals surface area contributed by atoms with E-state index in [1.165, 1.54) is 0 Å². The molecule has 0 aromatic heterocycles. The molecule has 0 saturated carbocycles. The van der Waals surface area contributed by atoms with Gasteiger partial charge < -0.3 is 0 Å². The quantitative estimate of drug-likeness (QED) is 0.501. The third-order valence-corrected chi connectivity index (χ3v) is 3.98. The summed E-state index contributed by atoms with van der Waals surface area (Å²) < 4.78 is 0. The Hall–Kier alpha value is -0.640. The molecule has 80 valence electrons. The summed E-state index contributed by atoms with van der Waals surface area (Å²) in [5.74, 6) is 0. The van der Waals surface area contributed by atoms with Crippen molar-refractivity contribution in [2.75, 3.05) is 6.54 Å². The maximum atomic E-state index is 10.7. The van der Waals surface area contributed by atoms with Gasteiger partial charge in [0.25, 0.3) is 0 Å². The van der Waals surface area contributed by atoms with Gasteiger partial charge in [-0.15, -0.1) is 0 Å². The van der Waals surface area contributed by atoms with Crippen LogP contribution in [-0.2, 0) is 0 Å². The standard InChI is InChI=1S/C10H18N2O2/c1-8-3-5-10(7-11(13)14)6-4-9(2)12(8)10/h8-9H,3-7H2,1-2H3. The van der Waals surface area contributed by atoms with Crippen LogP contribution >= 0.6 is 0 Å². The fourth-order valence-electron chi connectivity index (χ4n) is 3.47. The second-order valence-corrected chi connectivity index (χ2v) is 4.90. The van der Waals surface area contributed by atoms with Crippen molar-refractivity contribution < 1.29 is 4.92 Å². The summed E-state index contributed by atoms with van der Waals surface area (Å²) in [7, 11) is 0. The molecule has 4 nitrogen and oxygen atoms in total. The fourth-order valence-corrected chi connectivity index (χ4v) is 3.47. The van der Waals surface area contributed by atoms with E-state index in [0.29, 0.717) is 12.1 Å². The molecular weight excluding hydrogens is 180 g/mol. The zero-order valence-corrected chi connectivity index (χ0v) is 8.90. The number of hydrogen-bond acceptors (Lipinski definition) is 3. The van der Waals surface area contributed by atoms with Gasteiger partial charge in [0, 0.05) is 17.0 Å². The molecule has 2 fully saturated rings. The molecule has 0 aliphatic carbocycles. The summed E-state index contributed by atoms with van der Waals surface area (Å²) in [5.41, 5.74) is -0.0949. The Morgan fingerprint density at radius 1 is 1.36 bits per heavy atom. The smallest absolute Gasteiger partial charge is 0.222 e. The van der Waals surface area contributed by atoms with Crippen molar-refractivity contribution in [3.05, 3.63) is 10.1 Å². The van der Waals surface area contributed by atoms with Gasteiger partial charge in [0.05, 0.1) is 5.54 Å². The van der Waals surface area contributed by atoms with E-state index >= 15 is 0 Å².